The molecule has 3 N–H and O–H groups in total. The summed E-state index contributed by atoms with van der Waals surface area (Å²) in [7, 11) is 0. The zero-order chi connectivity index (χ0) is 15.3. The molecule has 0 aliphatic heterocycles. The van der Waals surface area contributed by atoms with Crippen molar-refractivity contribution in [2.45, 2.75) is 39.7 Å². The third-order valence-electron chi connectivity index (χ3n) is 2.93. The summed E-state index contributed by atoms with van der Waals surface area (Å²) >= 11 is 0. The number of anilines is 1. The summed E-state index contributed by atoms with van der Waals surface area (Å²) in [6.45, 7) is 7.53. The molecule has 0 aromatic heterocycles. The second-order valence-electron chi connectivity index (χ2n) is 5.21. The summed E-state index contributed by atoms with van der Waals surface area (Å²) in [5.74, 6) is -1.23. The van der Waals surface area contributed by atoms with Crippen molar-refractivity contribution in [3.8, 4) is 0 Å². The van der Waals surface area contributed by atoms with Gasteiger partial charge in [-0.1, -0.05) is 32.0 Å². The molecule has 1 aromatic rings. The fourth-order valence-corrected chi connectivity index (χ4v) is 1.83. The largest absolute Gasteiger partial charge is 0.392 e. The lowest BCUT2D eigenvalue weighted by atomic mass is 9.98. The lowest BCUT2D eigenvalue weighted by Gasteiger charge is -2.16. The molecule has 0 spiro atoms. The Morgan fingerprint density at radius 3 is 2.40 bits per heavy atom. The van der Waals surface area contributed by atoms with E-state index in [0.29, 0.717) is 5.69 Å². The zero-order valence-corrected chi connectivity index (χ0v) is 12.4. The van der Waals surface area contributed by atoms with Crippen LogP contribution in [0.3, 0.4) is 0 Å². The number of carbonyl (C=O) groups excluding carboxylic acids is 2. The third-order valence-corrected chi connectivity index (χ3v) is 2.93. The molecule has 1 unspecified atom stereocenters. The molecule has 0 fully saturated rings. The molecule has 110 valence electrons. The number of aliphatic hydroxyl groups is 1. The summed E-state index contributed by atoms with van der Waals surface area (Å²) in [5.41, 5.74) is 2.58. The van der Waals surface area contributed by atoms with Crippen molar-refractivity contribution in [3.63, 3.8) is 0 Å². The summed E-state index contributed by atoms with van der Waals surface area (Å²) in [5, 5.41) is 14.1. The maximum atomic E-state index is 11.8. The molecule has 0 aliphatic carbocycles. The number of amides is 2. The van der Waals surface area contributed by atoms with Crippen molar-refractivity contribution in [1.82, 2.24) is 5.32 Å². The highest BCUT2D eigenvalue weighted by Crippen LogP contribution is 2.27. The van der Waals surface area contributed by atoms with Gasteiger partial charge in [0.05, 0.1) is 6.10 Å². The molecule has 5 heteroatoms. The van der Waals surface area contributed by atoms with Crippen LogP contribution in [0.2, 0.25) is 0 Å². The molecule has 1 rings (SSSR count). The second-order valence-corrected chi connectivity index (χ2v) is 5.21. The predicted molar refractivity (Wildman–Crippen MR) is 78.6 cm³/mol. The van der Waals surface area contributed by atoms with Gasteiger partial charge < -0.3 is 15.7 Å². The molecular weight excluding hydrogens is 256 g/mol. The average molecular weight is 278 g/mol. The summed E-state index contributed by atoms with van der Waals surface area (Å²) in [6.07, 6.45) is -0.684. The molecule has 1 aromatic carbocycles. The first kappa shape index (κ1) is 16.2. The predicted octanol–water partition coefficient (Wildman–Crippen LogP) is 1.55. The first-order valence-electron chi connectivity index (χ1n) is 6.69. The zero-order valence-electron chi connectivity index (χ0n) is 12.4. The van der Waals surface area contributed by atoms with Crippen molar-refractivity contribution in [3.05, 3.63) is 29.3 Å². The van der Waals surface area contributed by atoms with E-state index in [-0.39, 0.29) is 12.5 Å². The van der Waals surface area contributed by atoms with Gasteiger partial charge in [-0.05, 0) is 30.9 Å². The Hall–Kier alpha value is -1.88. The lowest BCUT2D eigenvalue weighted by Crippen LogP contribution is -2.39. The van der Waals surface area contributed by atoms with Crippen LogP contribution in [0.5, 0.6) is 0 Å². The van der Waals surface area contributed by atoms with Crippen LogP contribution < -0.4 is 10.6 Å². The first-order chi connectivity index (χ1) is 9.32. The van der Waals surface area contributed by atoms with Gasteiger partial charge in [-0.3, -0.25) is 9.59 Å². The SMILES string of the molecule is Cc1cccc(C(C)C)c1NC(=O)C(=O)NCC(C)O. The Kier molecular flexibility index (Phi) is 5.70. The minimum atomic E-state index is -0.746. The number of nitrogens with one attached hydrogen (secondary N) is 2. The Morgan fingerprint density at radius 1 is 1.20 bits per heavy atom. The van der Waals surface area contributed by atoms with Gasteiger partial charge in [0.2, 0.25) is 0 Å². The first-order valence-corrected chi connectivity index (χ1v) is 6.69. The Morgan fingerprint density at radius 2 is 1.85 bits per heavy atom. The third kappa shape index (κ3) is 4.35. The van der Waals surface area contributed by atoms with Crippen molar-refractivity contribution in [2.24, 2.45) is 0 Å². The van der Waals surface area contributed by atoms with Crippen LogP contribution in [0, 0.1) is 6.92 Å². The summed E-state index contributed by atoms with van der Waals surface area (Å²) < 4.78 is 0. The number of carbonyl (C=O) groups is 2. The fourth-order valence-electron chi connectivity index (χ4n) is 1.83. The van der Waals surface area contributed by atoms with E-state index in [4.69, 9.17) is 5.11 Å². The highest BCUT2D eigenvalue weighted by Gasteiger charge is 2.17. The van der Waals surface area contributed by atoms with Crippen LogP contribution in [-0.4, -0.2) is 29.6 Å². The van der Waals surface area contributed by atoms with E-state index in [1.807, 2.05) is 39.0 Å². The number of hydrogen-bond donors (Lipinski definition) is 3. The molecule has 0 radical (unpaired) electrons. The molecule has 20 heavy (non-hydrogen) atoms. The van der Waals surface area contributed by atoms with E-state index in [1.165, 1.54) is 6.92 Å². The monoisotopic (exact) mass is 278 g/mol. The van der Waals surface area contributed by atoms with Gasteiger partial charge in [-0.15, -0.1) is 0 Å². The van der Waals surface area contributed by atoms with Gasteiger partial charge in [0.25, 0.3) is 0 Å². The van der Waals surface area contributed by atoms with E-state index in [1.54, 1.807) is 0 Å². The Balaban J connectivity index is 2.83. The molecule has 2 amide bonds. The minimum Gasteiger partial charge on any atom is -0.392 e. The molecule has 0 bridgehead atoms. The number of aliphatic hydroxyl groups excluding tert-OH is 1. The van der Waals surface area contributed by atoms with E-state index in [0.717, 1.165) is 11.1 Å². The van der Waals surface area contributed by atoms with E-state index < -0.39 is 17.9 Å². The van der Waals surface area contributed by atoms with Gasteiger partial charge in [0, 0.05) is 12.2 Å². The van der Waals surface area contributed by atoms with Crippen molar-refractivity contribution < 1.29 is 14.7 Å². The van der Waals surface area contributed by atoms with Crippen molar-refractivity contribution in [2.75, 3.05) is 11.9 Å². The number of hydrogen-bond acceptors (Lipinski definition) is 3. The summed E-state index contributed by atoms with van der Waals surface area (Å²) in [6, 6.07) is 5.74. The van der Waals surface area contributed by atoms with Crippen molar-refractivity contribution >= 4 is 17.5 Å². The maximum absolute atomic E-state index is 11.8. The Bertz CT molecular complexity index is 496. The van der Waals surface area contributed by atoms with E-state index in [2.05, 4.69) is 10.6 Å². The highest BCUT2D eigenvalue weighted by atomic mass is 16.3. The fraction of sp³-hybridized carbons (Fsp3) is 0.467. The average Bonchev–Trinajstić information content (AvgIpc) is 2.37. The minimum absolute atomic E-state index is 0.0526. The molecule has 0 heterocycles. The molecular formula is C15H22N2O3. The molecule has 0 saturated heterocycles. The highest BCUT2D eigenvalue weighted by molar-refractivity contribution is 6.39. The van der Waals surface area contributed by atoms with Gasteiger partial charge in [0.15, 0.2) is 0 Å². The van der Waals surface area contributed by atoms with Crippen LogP contribution >= 0.6 is 0 Å². The summed E-state index contributed by atoms with van der Waals surface area (Å²) in [4.78, 5) is 23.5. The molecule has 1 atom stereocenters. The standard InChI is InChI=1S/C15H22N2O3/c1-9(2)12-7-5-6-10(3)13(12)17-15(20)14(19)16-8-11(4)18/h5-7,9,11,18H,8H2,1-4H3,(H,16,19)(H,17,20). The van der Waals surface area contributed by atoms with E-state index in [9.17, 15) is 9.59 Å². The van der Waals surface area contributed by atoms with Crippen molar-refractivity contribution in [1.29, 1.82) is 0 Å². The Labute approximate surface area is 119 Å². The lowest BCUT2D eigenvalue weighted by molar-refractivity contribution is -0.136. The number of aryl methyl sites for hydroxylation is 1. The molecule has 0 saturated carbocycles. The normalized spacial score (nSPS) is 12.1. The quantitative estimate of drug-likeness (QED) is 0.731. The number of benzene rings is 1. The number of para-hydroxylation sites is 1. The van der Waals surface area contributed by atoms with Crippen LogP contribution in [0.1, 0.15) is 37.8 Å². The second kappa shape index (κ2) is 7.05. The van der Waals surface area contributed by atoms with Crippen LogP contribution in [0.4, 0.5) is 5.69 Å². The van der Waals surface area contributed by atoms with Crippen LogP contribution in [0.25, 0.3) is 0 Å². The van der Waals surface area contributed by atoms with Gasteiger partial charge >= 0.3 is 11.8 Å². The van der Waals surface area contributed by atoms with Gasteiger partial charge in [-0.25, -0.2) is 0 Å². The van der Waals surface area contributed by atoms with Gasteiger partial charge in [-0.2, -0.15) is 0 Å². The molecule has 5 nitrogen and oxygen atoms in total. The van der Waals surface area contributed by atoms with E-state index >= 15 is 0 Å². The smallest absolute Gasteiger partial charge is 0.313 e. The number of rotatable bonds is 4. The molecule has 0 aliphatic rings. The van der Waals surface area contributed by atoms with Crippen LogP contribution in [-0.2, 0) is 9.59 Å². The van der Waals surface area contributed by atoms with Gasteiger partial charge in [0.1, 0.15) is 0 Å². The maximum Gasteiger partial charge on any atom is 0.313 e. The topological polar surface area (TPSA) is 78.4 Å². The van der Waals surface area contributed by atoms with Crippen LogP contribution in [0.15, 0.2) is 18.2 Å².